The van der Waals surface area contributed by atoms with E-state index in [9.17, 15) is 4.79 Å². The second-order valence-corrected chi connectivity index (χ2v) is 12.0. The SMILES string of the molecule is CC(C)[C@@H]1Nc2nc(nc3ccccc23)CN2CCN(C3CCC4CCCCC4C3)CC2CNC1=O. The van der Waals surface area contributed by atoms with Gasteiger partial charge in [-0.15, -0.1) is 0 Å². The zero-order valence-electron chi connectivity index (χ0n) is 22.0. The molecule has 1 saturated heterocycles. The normalized spacial score (nSPS) is 32.2. The van der Waals surface area contributed by atoms with Crippen molar-refractivity contribution in [2.75, 3.05) is 31.5 Å². The van der Waals surface area contributed by atoms with Gasteiger partial charge in [0.15, 0.2) is 0 Å². The molecule has 3 fully saturated rings. The Bertz CT molecular complexity index is 1090. The first-order valence-electron chi connectivity index (χ1n) is 14.3. The molecule has 2 saturated carbocycles. The van der Waals surface area contributed by atoms with E-state index < -0.39 is 0 Å². The zero-order valence-corrected chi connectivity index (χ0v) is 22.0. The van der Waals surface area contributed by atoms with Crippen molar-refractivity contribution in [3.63, 3.8) is 0 Å². The molecule has 2 bridgehead atoms. The van der Waals surface area contributed by atoms with Crippen LogP contribution in [0.25, 0.3) is 10.9 Å². The maximum Gasteiger partial charge on any atom is 0.242 e. The lowest BCUT2D eigenvalue weighted by atomic mass is 9.69. The summed E-state index contributed by atoms with van der Waals surface area (Å²) in [5, 5.41) is 7.77. The third-order valence-electron chi connectivity index (χ3n) is 9.41. The number of aromatic nitrogens is 2. The van der Waals surface area contributed by atoms with Crippen LogP contribution in [0.4, 0.5) is 5.82 Å². The average Bonchev–Trinajstić information content (AvgIpc) is 2.92. The van der Waals surface area contributed by atoms with Gasteiger partial charge in [-0.05, 0) is 49.1 Å². The second-order valence-electron chi connectivity index (χ2n) is 12.0. The fourth-order valence-corrected chi connectivity index (χ4v) is 7.33. The summed E-state index contributed by atoms with van der Waals surface area (Å²) in [6.07, 6.45) is 9.89. The van der Waals surface area contributed by atoms with E-state index in [1.165, 1.54) is 44.9 Å². The van der Waals surface area contributed by atoms with E-state index in [2.05, 4.69) is 34.3 Å². The first-order valence-corrected chi connectivity index (χ1v) is 14.3. The van der Waals surface area contributed by atoms with E-state index in [0.29, 0.717) is 12.6 Å². The first kappa shape index (κ1) is 24.1. The summed E-state index contributed by atoms with van der Waals surface area (Å²) in [7, 11) is 0. The van der Waals surface area contributed by atoms with E-state index in [0.717, 1.165) is 60.6 Å². The predicted octanol–water partition coefficient (Wildman–Crippen LogP) is 4.04. The first-order chi connectivity index (χ1) is 17.5. The molecule has 5 atom stereocenters. The van der Waals surface area contributed by atoms with Crippen molar-refractivity contribution >= 4 is 22.6 Å². The van der Waals surface area contributed by atoms with Gasteiger partial charge in [0.2, 0.25) is 5.91 Å². The van der Waals surface area contributed by atoms with Crippen LogP contribution in [-0.2, 0) is 11.3 Å². The number of hydrogen-bond donors (Lipinski definition) is 2. The van der Waals surface area contributed by atoms with Gasteiger partial charge < -0.3 is 10.6 Å². The van der Waals surface area contributed by atoms with Gasteiger partial charge in [0.1, 0.15) is 17.7 Å². The lowest BCUT2D eigenvalue weighted by Crippen LogP contribution is -2.60. The Morgan fingerprint density at radius 2 is 1.75 bits per heavy atom. The summed E-state index contributed by atoms with van der Waals surface area (Å²) >= 11 is 0. The van der Waals surface area contributed by atoms with E-state index in [4.69, 9.17) is 9.97 Å². The Morgan fingerprint density at radius 3 is 2.61 bits per heavy atom. The van der Waals surface area contributed by atoms with Gasteiger partial charge in [-0.25, -0.2) is 9.97 Å². The summed E-state index contributed by atoms with van der Waals surface area (Å²) in [5.74, 6) is 3.74. The van der Waals surface area contributed by atoms with Crippen molar-refractivity contribution in [3.8, 4) is 0 Å². The van der Waals surface area contributed by atoms with Crippen LogP contribution in [0.1, 0.15) is 64.6 Å². The van der Waals surface area contributed by atoms with Crippen LogP contribution in [0.2, 0.25) is 0 Å². The lowest BCUT2D eigenvalue weighted by molar-refractivity contribution is -0.123. The number of benzene rings is 1. The quantitative estimate of drug-likeness (QED) is 0.662. The van der Waals surface area contributed by atoms with E-state index in [1.807, 2.05) is 24.3 Å². The molecule has 2 aromatic rings. The molecular formula is C29H42N6O. The molecule has 194 valence electrons. The van der Waals surface area contributed by atoms with Crippen molar-refractivity contribution in [2.45, 2.75) is 83.5 Å². The molecule has 36 heavy (non-hydrogen) atoms. The number of piperazine rings is 1. The van der Waals surface area contributed by atoms with Crippen molar-refractivity contribution in [1.29, 1.82) is 0 Å². The molecule has 2 aliphatic carbocycles. The summed E-state index contributed by atoms with van der Waals surface area (Å²) in [6, 6.07) is 8.77. The van der Waals surface area contributed by atoms with Crippen LogP contribution in [0.5, 0.6) is 0 Å². The van der Waals surface area contributed by atoms with Gasteiger partial charge in [-0.3, -0.25) is 14.6 Å². The highest BCUT2D eigenvalue weighted by Gasteiger charge is 2.38. The molecule has 7 heteroatoms. The lowest BCUT2D eigenvalue weighted by Gasteiger charge is -2.48. The predicted molar refractivity (Wildman–Crippen MR) is 144 cm³/mol. The van der Waals surface area contributed by atoms with Crippen molar-refractivity contribution in [2.24, 2.45) is 17.8 Å². The zero-order chi connectivity index (χ0) is 24.6. The molecular weight excluding hydrogens is 448 g/mol. The van der Waals surface area contributed by atoms with Gasteiger partial charge in [-0.2, -0.15) is 0 Å². The van der Waals surface area contributed by atoms with Crippen LogP contribution in [0.3, 0.4) is 0 Å². The standard InChI is InChI=1S/C29H42N6O/c1-19(2)27-29(36)30-16-23-17-34(22-12-11-20-7-3-4-8-21(20)15-22)13-14-35(23)18-26-31-25-10-6-5-9-24(25)28(32-26)33-27/h5-6,9-10,19-23,27H,3-4,7-8,11-18H2,1-2H3,(H,30,36)(H,31,32,33)/t20?,21?,22?,23?,27-/m0/s1. The minimum absolute atomic E-state index is 0.0657. The molecule has 1 aromatic carbocycles. The number of amides is 1. The third-order valence-corrected chi connectivity index (χ3v) is 9.41. The topological polar surface area (TPSA) is 73.4 Å². The number of nitrogens with zero attached hydrogens (tertiary/aromatic N) is 4. The maximum absolute atomic E-state index is 13.4. The summed E-state index contributed by atoms with van der Waals surface area (Å²) in [4.78, 5) is 28.5. The molecule has 6 rings (SSSR count). The molecule has 2 aliphatic heterocycles. The Hall–Kier alpha value is -2.25. The van der Waals surface area contributed by atoms with Crippen molar-refractivity contribution < 1.29 is 4.79 Å². The Morgan fingerprint density at radius 1 is 0.944 bits per heavy atom. The summed E-state index contributed by atoms with van der Waals surface area (Å²) in [5.41, 5.74) is 0.937. The third kappa shape index (κ3) is 4.84. The fraction of sp³-hybridized carbons (Fsp3) is 0.690. The average molecular weight is 491 g/mol. The molecule has 7 nitrogen and oxygen atoms in total. The van der Waals surface area contributed by atoms with E-state index in [-0.39, 0.29) is 23.9 Å². The van der Waals surface area contributed by atoms with Crippen LogP contribution >= 0.6 is 0 Å². The van der Waals surface area contributed by atoms with Crippen molar-refractivity contribution in [3.05, 3.63) is 30.1 Å². The molecule has 1 aromatic heterocycles. The number of carbonyl (C=O) groups is 1. The molecule has 2 N–H and O–H groups in total. The monoisotopic (exact) mass is 490 g/mol. The van der Waals surface area contributed by atoms with Gasteiger partial charge in [0, 0.05) is 43.6 Å². The Balaban J connectivity index is 1.25. The molecule has 4 aliphatic rings. The van der Waals surface area contributed by atoms with Gasteiger partial charge >= 0.3 is 0 Å². The molecule has 3 heterocycles. The number of anilines is 1. The highest BCUT2D eigenvalue weighted by molar-refractivity contribution is 5.92. The molecule has 0 radical (unpaired) electrons. The smallest absolute Gasteiger partial charge is 0.242 e. The largest absolute Gasteiger partial charge is 0.358 e. The fourth-order valence-electron chi connectivity index (χ4n) is 7.33. The van der Waals surface area contributed by atoms with Crippen LogP contribution in [0, 0.1) is 17.8 Å². The maximum atomic E-state index is 13.4. The van der Waals surface area contributed by atoms with Crippen LogP contribution < -0.4 is 10.6 Å². The molecule has 1 amide bonds. The van der Waals surface area contributed by atoms with Gasteiger partial charge in [-0.1, -0.05) is 51.7 Å². The number of hydrogen-bond acceptors (Lipinski definition) is 6. The number of fused-ring (bicyclic) bond motifs is 6. The summed E-state index contributed by atoms with van der Waals surface area (Å²) in [6.45, 7) is 8.69. The molecule has 0 spiro atoms. The minimum atomic E-state index is -0.330. The minimum Gasteiger partial charge on any atom is -0.358 e. The number of nitrogens with one attached hydrogen (secondary N) is 2. The summed E-state index contributed by atoms with van der Waals surface area (Å²) < 4.78 is 0. The van der Waals surface area contributed by atoms with Gasteiger partial charge in [0.05, 0.1) is 12.1 Å². The van der Waals surface area contributed by atoms with Crippen LogP contribution in [-0.4, -0.2) is 70.0 Å². The Kier molecular flexibility index (Phi) is 6.86. The van der Waals surface area contributed by atoms with E-state index >= 15 is 0 Å². The van der Waals surface area contributed by atoms with E-state index in [1.54, 1.807) is 0 Å². The highest BCUT2D eigenvalue weighted by Crippen LogP contribution is 2.42. The second kappa shape index (κ2) is 10.3. The van der Waals surface area contributed by atoms with Crippen LogP contribution in [0.15, 0.2) is 24.3 Å². The number of rotatable bonds is 2. The molecule has 4 unspecified atom stereocenters. The number of carbonyl (C=O) groups excluding carboxylic acids is 1. The Labute approximate surface area is 215 Å². The highest BCUT2D eigenvalue weighted by atomic mass is 16.2. The van der Waals surface area contributed by atoms with Gasteiger partial charge in [0.25, 0.3) is 0 Å². The number of para-hydroxylation sites is 1. The van der Waals surface area contributed by atoms with Crippen molar-refractivity contribution in [1.82, 2.24) is 25.1 Å².